The molecule has 35 heavy (non-hydrogen) atoms. The molecule has 2 aliphatic rings. The molecule has 1 aromatic carbocycles. The fourth-order valence-corrected chi connectivity index (χ4v) is 4.80. The lowest BCUT2D eigenvalue weighted by Gasteiger charge is -2.30. The minimum Gasteiger partial charge on any atom is -0.335 e. The predicted molar refractivity (Wildman–Crippen MR) is 112 cm³/mol. The molecule has 6 nitrogen and oxygen atoms in total. The van der Waals surface area contributed by atoms with Crippen LogP contribution in [-0.4, -0.2) is 38.7 Å². The summed E-state index contributed by atoms with van der Waals surface area (Å²) in [5, 5.41) is 0. The van der Waals surface area contributed by atoms with E-state index in [0.717, 1.165) is 17.4 Å². The Kier molecular flexibility index (Phi) is 6.94. The number of carbonyl (C=O) groups is 2. The van der Waals surface area contributed by atoms with Gasteiger partial charge in [-0.15, -0.1) is 0 Å². The van der Waals surface area contributed by atoms with E-state index in [9.17, 15) is 35.9 Å². The van der Waals surface area contributed by atoms with Crippen molar-refractivity contribution in [2.24, 2.45) is 11.7 Å². The lowest BCUT2D eigenvalue weighted by atomic mass is 9.98. The van der Waals surface area contributed by atoms with Crippen molar-refractivity contribution < 1.29 is 35.9 Å². The zero-order valence-corrected chi connectivity index (χ0v) is 18.7. The first-order valence-electron chi connectivity index (χ1n) is 11.3. The molecule has 190 valence electrons. The second kappa shape index (κ2) is 9.63. The summed E-state index contributed by atoms with van der Waals surface area (Å²) in [6.45, 7) is -0.509. The molecule has 2 heterocycles. The monoisotopic (exact) mass is 502 g/mol. The molecule has 1 aliphatic heterocycles. The maximum atomic E-state index is 13.9. The Morgan fingerprint density at radius 1 is 1.06 bits per heavy atom. The number of rotatable bonds is 6. The van der Waals surface area contributed by atoms with Gasteiger partial charge in [0.05, 0.1) is 12.2 Å². The highest BCUT2D eigenvalue weighted by molar-refractivity contribution is 5.97. The zero-order valence-electron chi connectivity index (χ0n) is 18.7. The maximum absolute atomic E-state index is 13.9. The molecule has 0 spiro atoms. The van der Waals surface area contributed by atoms with Crippen LogP contribution in [0.1, 0.15) is 59.7 Å². The molecule has 2 aromatic rings. The number of nitrogens with zero attached hydrogens (tertiary/aromatic N) is 3. The second-order valence-corrected chi connectivity index (χ2v) is 9.07. The summed E-state index contributed by atoms with van der Waals surface area (Å²) in [7, 11) is 0. The summed E-state index contributed by atoms with van der Waals surface area (Å²) in [6, 6.07) is 0.124. The van der Waals surface area contributed by atoms with Gasteiger partial charge in [-0.25, -0.2) is 18.2 Å². The van der Waals surface area contributed by atoms with E-state index in [-0.39, 0.29) is 55.3 Å². The van der Waals surface area contributed by atoms with Gasteiger partial charge in [0.15, 0.2) is 17.4 Å². The van der Waals surface area contributed by atoms with E-state index >= 15 is 0 Å². The SMILES string of the molecule is NC(CC(=O)N1CCn2c(C(F)(F)F)nc(C(=O)C3CCCC3)c2C1)Cc1cc(F)c(F)cc1F. The highest BCUT2D eigenvalue weighted by Gasteiger charge is 2.42. The summed E-state index contributed by atoms with van der Waals surface area (Å²) in [4.78, 5) is 30.7. The van der Waals surface area contributed by atoms with E-state index in [1.54, 1.807) is 0 Å². The third-order valence-electron chi connectivity index (χ3n) is 6.58. The van der Waals surface area contributed by atoms with Crippen LogP contribution < -0.4 is 5.73 Å². The first-order chi connectivity index (χ1) is 16.5. The van der Waals surface area contributed by atoms with Crippen LogP contribution in [0.4, 0.5) is 26.3 Å². The third kappa shape index (κ3) is 5.21. The topological polar surface area (TPSA) is 81.2 Å². The van der Waals surface area contributed by atoms with Crippen LogP contribution in [0, 0.1) is 23.4 Å². The van der Waals surface area contributed by atoms with Gasteiger partial charge in [0.2, 0.25) is 11.7 Å². The number of imidazole rings is 1. The van der Waals surface area contributed by atoms with Gasteiger partial charge in [-0.05, 0) is 30.9 Å². The number of nitrogens with two attached hydrogens (primary N) is 1. The van der Waals surface area contributed by atoms with Crippen LogP contribution in [-0.2, 0) is 30.5 Å². The Bertz CT molecular complexity index is 1140. The summed E-state index contributed by atoms with van der Waals surface area (Å²) in [5.41, 5.74) is 5.52. The Balaban J connectivity index is 1.51. The Morgan fingerprint density at radius 3 is 2.37 bits per heavy atom. The van der Waals surface area contributed by atoms with Crippen molar-refractivity contribution >= 4 is 11.7 Å². The van der Waals surface area contributed by atoms with E-state index in [0.29, 0.717) is 25.0 Å². The lowest BCUT2D eigenvalue weighted by Crippen LogP contribution is -2.42. The number of ketones is 1. The highest BCUT2D eigenvalue weighted by atomic mass is 19.4. The van der Waals surface area contributed by atoms with Crippen molar-refractivity contribution in [3.63, 3.8) is 0 Å². The molecular formula is C23H24F6N4O2. The van der Waals surface area contributed by atoms with Gasteiger partial charge in [-0.3, -0.25) is 9.59 Å². The summed E-state index contributed by atoms with van der Waals surface area (Å²) >= 11 is 0. The van der Waals surface area contributed by atoms with Gasteiger partial charge < -0.3 is 15.2 Å². The van der Waals surface area contributed by atoms with E-state index in [4.69, 9.17) is 5.73 Å². The molecule has 12 heteroatoms. The molecule has 1 fully saturated rings. The van der Waals surface area contributed by atoms with Crippen molar-refractivity contribution in [3.05, 3.63) is 52.4 Å². The third-order valence-corrected chi connectivity index (χ3v) is 6.58. The number of alkyl halides is 3. The van der Waals surface area contributed by atoms with Crippen LogP contribution in [0.2, 0.25) is 0 Å². The van der Waals surface area contributed by atoms with E-state index in [1.165, 1.54) is 4.90 Å². The van der Waals surface area contributed by atoms with Gasteiger partial charge in [0.1, 0.15) is 11.5 Å². The average Bonchev–Trinajstić information content (AvgIpc) is 3.44. The highest BCUT2D eigenvalue weighted by Crippen LogP contribution is 2.35. The fraction of sp³-hybridized carbons (Fsp3) is 0.522. The molecule has 1 unspecified atom stereocenters. The largest absolute Gasteiger partial charge is 0.449 e. The van der Waals surface area contributed by atoms with Gasteiger partial charge in [-0.2, -0.15) is 13.2 Å². The van der Waals surface area contributed by atoms with E-state index < -0.39 is 47.2 Å². The van der Waals surface area contributed by atoms with Gasteiger partial charge in [-0.1, -0.05) is 12.8 Å². The quantitative estimate of drug-likeness (QED) is 0.368. The number of benzene rings is 1. The number of aromatic nitrogens is 2. The number of carbonyl (C=O) groups excluding carboxylic acids is 2. The Hall–Kier alpha value is -2.89. The van der Waals surface area contributed by atoms with E-state index in [2.05, 4.69) is 4.98 Å². The predicted octanol–water partition coefficient (Wildman–Crippen LogP) is 3.99. The Morgan fingerprint density at radius 2 is 1.71 bits per heavy atom. The van der Waals surface area contributed by atoms with Crippen molar-refractivity contribution in [1.82, 2.24) is 14.5 Å². The van der Waals surface area contributed by atoms with Gasteiger partial charge >= 0.3 is 6.18 Å². The number of Topliss-reactive ketones (excluding diaryl/α,β-unsaturated/α-hetero) is 1. The zero-order chi connectivity index (χ0) is 25.5. The molecule has 0 radical (unpaired) electrons. The minimum atomic E-state index is -4.76. The minimum absolute atomic E-state index is 0.0362. The molecule has 0 saturated heterocycles. The first-order valence-corrected chi connectivity index (χ1v) is 11.3. The standard InChI is InChI=1S/C23H24F6N4O2/c24-15-10-17(26)16(25)8-13(15)7-14(30)9-19(34)32-5-6-33-18(11-32)20(31-22(33)23(27,28)29)21(35)12-3-1-2-4-12/h8,10,12,14H,1-7,9,11,30H2. The molecule has 1 amide bonds. The summed E-state index contributed by atoms with van der Waals surface area (Å²) in [6.07, 6.45) is -2.49. The normalized spacial score (nSPS) is 17.5. The van der Waals surface area contributed by atoms with Crippen LogP contribution in [0.5, 0.6) is 0 Å². The maximum Gasteiger partial charge on any atom is 0.449 e. The van der Waals surface area contributed by atoms with E-state index in [1.807, 2.05) is 0 Å². The van der Waals surface area contributed by atoms with Crippen molar-refractivity contribution in [3.8, 4) is 0 Å². The number of hydrogen-bond acceptors (Lipinski definition) is 4. The number of hydrogen-bond donors (Lipinski definition) is 1. The van der Waals surface area contributed by atoms with Crippen molar-refractivity contribution in [2.75, 3.05) is 6.54 Å². The Labute approximate surface area is 197 Å². The molecule has 0 bridgehead atoms. The lowest BCUT2D eigenvalue weighted by molar-refractivity contribution is -0.148. The first kappa shape index (κ1) is 25.2. The molecule has 1 aliphatic carbocycles. The van der Waals surface area contributed by atoms with Crippen LogP contribution in [0.3, 0.4) is 0 Å². The summed E-state index contributed by atoms with van der Waals surface area (Å²) in [5.74, 6) is -6.09. The van der Waals surface area contributed by atoms with Gasteiger partial charge in [0.25, 0.3) is 0 Å². The average molecular weight is 502 g/mol. The van der Waals surface area contributed by atoms with Crippen LogP contribution in [0.25, 0.3) is 0 Å². The molecule has 4 rings (SSSR count). The molecule has 1 aromatic heterocycles. The smallest absolute Gasteiger partial charge is 0.335 e. The number of halogens is 6. The van der Waals surface area contributed by atoms with Crippen molar-refractivity contribution in [1.29, 1.82) is 0 Å². The number of amides is 1. The summed E-state index contributed by atoms with van der Waals surface area (Å²) < 4.78 is 82.1. The molecular weight excluding hydrogens is 478 g/mol. The second-order valence-electron chi connectivity index (χ2n) is 9.07. The number of fused-ring (bicyclic) bond motifs is 1. The molecule has 1 saturated carbocycles. The van der Waals surface area contributed by atoms with Crippen LogP contribution in [0.15, 0.2) is 12.1 Å². The van der Waals surface area contributed by atoms with Crippen molar-refractivity contribution in [2.45, 2.75) is 63.8 Å². The molecule has 1 atom stereocenters. The van der Waals surface area contributed by atoms with Crippen LogP contribution >= 0.6 is 0 Å². The molecule has 2 N–H and O–H groups in total. The van der Waals surface area contributed by atoms with Gasteiger partial charge in [0, 0.05) is 37.5 Å². The fourth-order valence-electron chi connectivity index (χ4n) is 4.80.